The summed E-state index contributed by atoms with van der Waals surface area (Å²) >= 11 is 5.93. The van der Waals surface area contributed by atoms with E-state index in [0.717, 1.165) is 6.42 Å². The topological polar surface area (TPSA) is 49.4 Å². The van der Waals surface area contributed by atoms with Crippen molar-refractivity contribution in [1.29, 1.82) is 0 Å². The van der Waals surface area contributed by atoms with Gasteiger partial charge < -0.3 is 10.2 Å². The second kappa shape index (κ2) is 6.89. The molecule has 2 amide bonds. The Kier molecular flexibility index (Phi) is 5.17. The fourth-order valence-electron chi connectivity index (χ4n) is 2.53. The number of hydrogen-bond donors (Lipinski definition) is 1. The smallest absolute Gasteiger partial charge is 0.227 e. The van der Waals surface area contributed by atoms with Crippen molar-refractivity contribution in [2.75, 3.05) is 20.1 Å². The SMILES string of the molecule is CNC(=O)C[C@H]1CCN(C(=O)Cc2ccc(F)cc2Cl)C1. The summed E-state index contributed by atoms with van der Waals surface area (Å²) in [6, 6.07) is 4.04. The van der Waals surface area contributed by atoms with Crippen LogP contribution in [0.25, 0.3) is 0 Å². The predicted octanol–water partition coefficient (Wildman–Crippen LogP) is 2.01. The number of nitrogens with zero attached hydrogens (tertiary/aromatic N) is 1. The van der Waals surface area contributed by atoms with Gasteiger partial charge in [-0.1, -0.05) is 17.7 Å². The zero-order chi connectivity index (χ0) is 15.4. The Bertz CT molecular complexity index is 550. The van der Waals surface area contributed by atoms with Gasteiger partial charge in [-0.25, -0.2) is 4.39 Å². The summed E-state index contributed by atoms with van der Waals surface area (Å²) in [7, 11) is 1.61. The summed E-state index contributed by atoms with van der Waals surface area (Å²) in [6.07, 6.45) is 1.43. The van der Waals surface area contributed by atoms with Gasteiger partial charge in [0.05, 0.1) is 6.42 Å². The first-order valence-electron chi connectivity index (χ1n) is 6.92. The summed E-state index contributed by atoms with van der Waals surface area (Å²) in [6.45, 7) is 1.24. The van der Waals surface area contributed by atoms with Gasteiger partial charge in [0, 0.05) is 31.6 Å². The summed E-state index contributed by atoms with van der Waals surface area (Å²) in [5, 5.41) is 2.86. The molecule has 0 unspecified atom stereocenters. The number of amides is 2. The largest absolute Gasteiger partial charge is 0.359 e. The molecular formula is C15H18ClFN2O2. The van der Waals surface area contributed by atoms with E-state index in [-0.39, 0.29) is 29.2 Å². The minimum Gasteiger partial charge on any atom is -0.359 e. The maximum Gasteiger partial charge on any atom is 0.227 e. The third-order valence-corrected chi connectivity index (χ3v) is 4.10. The first-order chi connectivity index (χ1) is 9.99. The predicted molar refractivity (Wildman–Crippen MR) is 78.5 cm³/mol. The van der Waals surface area contributed by atoms with Gasteiger partial charge in [-0.3, -0.25) is 9.59 Å². The summed E-state index contributed by atoms with van der Waals surface area (Å²) in [5.41, 5.74) is 0.623. The molecule has 6 heteroatoms. The molecule has 0 radical (unpaired) electrons. The second-order valence-corrected chi connectivity index (χ2v) is 5.69. The van der Waals surface area contributed by atoms with Gasteiger partial charge in [0.2, 0.25) is 11.8 Å². The average Bonchev–Trinajstić information content (AvgIpc) is 2.90. The molecule has 4 nitrogen and oxygen atoms in total. The van der Waals surface area contributed by atoms with Crippen LogP contribution >= 0.6 is 11.6 Å². The zero-order valence-corrected chi connectivity index (χ0v) is 12.6. The van der Waals surface area contributed by atoms with Crippen LogP contribution in [-0.2, 0) is 16.0 Å². The van der Waals surface area contributed by atoms with Crippen LogP contribution in [0.5, 0.6) is 0 Å². The Morgan fingerprint density at radius 2 is 2.24 bits per heavy atom. The first-order valence-corrected chi connectivity index (χ1v) is 7.29. The summed E-state index contributed by atoms with van der Waals surface area (Å²) in [5.74, 6) is -0.251. The number of carbonyl (C=O) groups excluding carboxylic acids is 2. The van der Waals surface area contributed by atoms with Crippen molar-refractivity contribution in [1.82, 2.24) is 10.2 Å². The molecule has 2 rings (SSSR count). The van der Waals surface area contributed by atoms with Crippen LogP contribution in [0.3, 0.4) is 0 Å². The normalized spacial score (nSPS) is 17.9. The van der Waals surface area contributed by atoms with Gasteiger partial charge in [0.15, 0.2) is 0 Å². The lowest BCUT2D eigenvalue weighted by molar-refractivity contribution is -0.130. The molecule has 0 bridgehead atoms. The summed E-state index contributed by atoms with van der Waals surface area (Å²) < 4.78 is 13.0. The maximum absolute atomic E-state index is 13.0. The van der Waals surface area contributed by atoms with Crippen LogP contribution in [0.2, 0.25) is 5.02 Å². The van der Waals surface area contributed by atoms with Gasteiger partial charge in [-0.15, -0.1) is 0 Å². The van der Waals surface area contributed by atoms with Crippen LogP contribution in [0.15, 0.2) is 18.2 Å². The van der Waals surface area contributed by atoms with E-state index in [1.54, 1.807) is 11.9 Å². The highest BCUT2D eigenvalue weighted by Crippen LogP contribution is 2.22. The van der Waals surface area contributed by atoms with Gasteiger partial charge in [-0.2, -0.15) is 0 Å². The second-order valence-electron chi connectivity index (χ2n) is 5.28. The van der Waals surface area contributed by atoms with Crippen LogP contribution in [0.1, 0.15) is 18.4 Å². The molecule has 1 N–H and O–H groups in total. The monoisotopic (exact) mass is 312 g/mol. The van der Waals surface area contributed by atoms with Crippen molar-refractivity contribution in [3.8, 4) is 0 Å². The van der Waals surface area contributed by atoms with E-state index in [0.29, 0.717) is 25.1 Å². The quantitative estimate of drug-likeness (QED) is 0.924. The molecule has 0 aromatic heterocycles. The van der Waals surface area contributed by atoms with E-state index in [2.05, 4.69) is 5.32 Å². The van der Waals surface area contributed by atoms with E-state index in [1.165, 1.54) is 18.2 Å². The molecule has 1 aliphatic heterocycles. The molecule has 0 saturated carbocycles. The van der Waals surface area contributed by atoms with Crippen molar-refractivity contribution < 1.29 is 14.0 Å². The van der Waals surface area contributed by atoms with Crippen molar-refractivity contribution in [2.45, 2.75) is 19.3 Å². The van der Waals surface area contributed by atoms with Gasteiger partial charge in [0.1, 0.15) is 5.82 Å². The Labute approximate surface area is 128 Å². The third-order valence-electron chi connectivity index (χ3n) is 3.75. The molecule has 21 heavy (non-hydrogen) atoms. The molecule has 1 saturated heterocycles. The molecule has 1 aromatic carbocycles. The lowest BCUT2D eigenvalue weighted by atomic mass is 10.0. The molecule has 114 valence electrons. The molecule has 1 atom stereocenters. The molecule has 1 aliphatic rings. The van der Waals surface area contributed by atoms with E-state index in [9.17, 15) is 14.0 Å². The Balaban J connectivity index is 1.91. The molecular weight excluding hydrogens is 295 g/mol. The average molecular weight is 313 g/mol. The van der Waals surface area contributed by atoms with E-state index >= 15 is 0 Å². The number of likely N-dealkylation sites (tertiary alicyclic amines) is 1. The zero-order valence-electron chi connectivity index (χ0n) is 11.9. The highest BCUT2D eigenvalue weighted by atomic mass is 35.5. The number of halogens is 2. The van der Waals surface area contributed by atoms with Gasteiger partial charge in [0.25, 0.3) is 0 Å². The maximum atomic E-state index is 13.0. The molecule has 0 spiro atoms. The molecule has 1 heterocycles. The minimum atomic E-state index is -0.414. The minimum absolute atomic E-state index is 0.00382. The van der Waals surface area contributed by atoms with Crippen molar-refractivity contribution in [3.05, 3.63) is 34.6 Å². The Hall–Kier alpha value is -1.62. The molecule has 1 fully saturated rings. The van der Waals surface area contributed by atoms with Gasteiger partial charge in [-0.05, 0) is 30.0 Å². The van der Waals surface area contributed by atoms with E-state index in [1.807, 2.05) is 0 Å². The summed E-state index contributed by atoms with van der Waals surface area (Å²) in [4.78, 5) is 25.3. The number of nitrogens with one attached hydrogen (secondary N) is 1. The number of hydrogen-bond acceptors (Lipinski definition) is 2. The van der Waals surface area contributed by atoms with E-state index in [4.69, 9.17) is 11.6 Å². The van der Waals surface area contributed by atoms with Gasteiger partial charge >= 0.3 is 0 Å². The molecule has 0 aliphatic carbocycles. The highest BCUT2D eigenvalue weighted by molar-refractivity contribution is 6.31. The third kappa shape index (κ3) is 4.17. The standard InChI is InChI=1S/C15H18ClFN2O2/c1-18-14(20)6-10-4-5-19(9-10)15(21)7-11-2-3-12(17)8-13(11)16/h2-3,8,10H,4-7,9H2,1H3,(H,18,20)/t10-/m1/s1. The molecule has 1 aromatic rings. The van der Waals surface area contributed by atoms with Crippen LogP contribution in [-0.4, -0.2) is 36.9 Å². The number of carbonyl (C=O) groups is 2. The Morgan fingerprint density at radius 3 is 2.90 bits per heavy atom. The first kappa shape index (κ1) is 15.8. The van der Waals surface area contributed by atoms with Crippen LogP contribution in [0, 0.1) is 11.7 Å². The highest BCUT2D eigenvalue weighted by Gasteiger charge is 2.27. The van der Waals surface area contributed by atoms with Crippen molar-refractivity contribution in [2.24, 2.45) is 5.92 Å². The van der Waals surface area contributed by atoms with Crippen LogP contribution in [0.4, 0.5) is 4.39 Å². The lowest BCUT2D eigenvalue weighted by Crippen LogP contribution is -2.31. The van der Waals surface area contributed by atoms with Crippen LogP contribution < -0.4 is 5.32 Å². The van der Waals surface area contributed by atoms with Crippen molar-refractivity contribution >= 4 is 23.4 Å². The lowest BCUT2D eigenvalue weighted by Gasteiger charge is -2.17. The fourth-order valence-corrected chi connectivity index (χ4v) is 2.76. The Morgan fingerprint density at radius 1 is 1.48 bits per heavy atom. The number of benzene rings is 1. The fraction of sp³-hybridized carbons (Fsp3) is 0.467. The number of rotatable bonds is 4. The van der Waals surface area contributed by atoms with Crippen molar-refractivity contribution in [3.63, 3.8) is 0 Å². The van der Waals surface area contributed by atoms with E-state index < -0.39 is 5.82 Å².